The number of nitrogens with zero attached hydrogens (tertiary/aromatic N) is 8. The molecule has 27 heavy (non-hydrogen) atoms. The first-order valence-corrected chi connectivity index (χ1v) is 8.44. The fraction of sp³-hybridized carbons (Fsp3) is 0.176. The fourth-order valence-electron chi connectivity index (χ4n) is 2.52. The van der Waals surface area contributed by atoms with Gasteiger partial charge in [-0.05, 0) is 57.6 Å². The molecule has 1 N–H and O–H groups in total. The molecule has 4 rings (SSSR count). The van der Waals surface area contributed by atoms with E-state index in [0.717, 1.165) is 11.3 Å². The maximum Gasteiger partial charge on any atom is 0.345 e. The second-order valence-corrected chi connectivity index (χ2v) is 5.63. The summed E-state index contributed by atoms with van der Waals surface area (Å²) in [6, 6.07) is 17.5. The Morgan fingerprint density at radius 1 is 0.963 bits per heavy atom. The van der Waals surface area contributed by atoms with Crippen LogP contribution in [0.2, 0.25) is 0 Å². The topological polar surface area (TPSA) is 108 Å². The van der Waals surface area contributed by atoms with Gasteiger partial charge in [0.1, 0.15) is 5.75 Å². The lowest BCUT2D eigenvalue weighted by Crippen LogP contribution is -2.08. The molecule has 0 fully saturated rings. The number of hydrogen-bond acceptors (Lipinski definition) is 8. The molecule has 0 atom stereocenters. The summed E-state index contributed by atoms with van der Waals surface area (Å²) in [7, 11) is 0. The van der Waals surface area contributed by atoms with Gasteiger partial charge in [0, 0.05) is 13.1 Å². The van der Waals surface area contributed by atoms with Crippen molar-refractivity contribution in [3.8, 4) is 17.4 Å². The largest absolute Gasteiger partial charge is 0.423 e. The number of para-hydroxylation sites is 1. The quantitative estimate of drug-likeness (QED) is 0.531. The smallest absolute Gasteiger partial charge is 0.345 e. The zero-order valence-corrected chi connectivity index (χ0v) is 14.6. The molecular formula is C17H17N9O. The van der Waals surface area contributed by atoms with Crippen LogP contribution >= 0.6 is 0 Å². The van der Waals surface area contributed by atoms with Crippen LogP contribution in [0.4, 0.5) is 5.95 Å². The molecule has 136 valence electrons. The molecule has 0 aliphatic heterocycles. The van der Waals surface area contributed by atoms with Crippen molar-refractivity contribution in [3.05, 3.63) is 60.2 Å². The van der Waals surface area contributed by atoms with Crippen LogP contribution in [0.5, 0.6) is 11.8 Å². The summed E-state index contributed by atoms with van der Waals surface area (Å²) in [5.41, 5.74) is 1.83. The first-order chi connectivity index (χ1) is 13.3. The van der Waals surface area contributed by atoms with Gasteiger partial charge in [0.05, 0.1) is 5.69 Å². The SMILES string of the molecule is CCn1nnnc1NCc1cccc(Oc2nnnn2-c2ccccc2)c1. The van der Waals surface area contributed by atoms with Crippen molar-refractivity contribution in [1.29, 1.82) is 0 Å². The first kappa shape index (κ1) is 16.6. The summed E-state index contributed by atoms with van der Waals surface area (Å²) >= 11 is 0. The van der Waals surface area contributed by atoms with Crippen LogP contribution < -0.4 is 10.1 Å². The number of aromatic nitrogens is 8. The summed E-state index contributed by atoms with van der Waals surface area (Å²) in [5, 5.41) is 26.4. The third kappa shape index (κ3) is 3.73. The van der Waals surface area contributed by atoms with E-state index >= 15 is 0 Å². The molecule has 0 saturated carbocycles. The molecule has 2 aromatic carbocycles. The van der Waals surface area contributed by atoms with E-state index < -0.39 is 0 Å². The van der Waals surface area contributed by atoms with E-state index in [1.807, 2.05) is 61.5 Å². The Morgan fingerprint density at radius 3 is 2.67 bits per heavy atom. The lowest BCUT2D eigenvalue weighted by molar-refractivity contribution is 0.427. The highest BCUT2D eigenvalue weighted by atomic mass is 16.5. The summed E-state index contributed by atoms with van der Waals surface area (Å²) in [5.74, 6) is 1.26. The Bertz CT molecular complexity index is 1010. The third-order valence-electron chi connectivity index (χ3n) is 3.83. The zero-order chi connectivity index (χ0) is 18.5. The highest BCUT2D eigenvalue weighted by Gasteiger charge is 2.11. The lowest BCUT2D eigenvalue weighted by atomic mass is 10.2. The highest BCUT2D eigenvalue weighted by Crippen LogP contribution is 2.22. The van der Waals surface area contributed by atoms with E-state index in [9.17, 15) is 0 Å². The number of ether oxygens (including phenoxy) is 1. The van der Waals surface area contributed by atoms with Gasteiger partial charge in [-0.15, -0.1) is 0 Å². The van der Waals surface area contributed by atoms with Crippen molar-refractivity contribution in [2.45, 2.75) is 20.0 Å². The van der Waals surface area contributed by atoms with Gasteiger partial charge >= 0.3 is 6.01 Å². The molecule has 0 amide bonds. The number of tetrazole rings is 2. The van der Waals surface area contributed by atoms with Gasteiger partial charge < -0.3 is 10.1 Å². The molecule has 10 nitrogen and oxygen atoms in total. The van der Waals surface area contributed by atoms with Crippen molar-refractivity contribution in [2.75, 3.05) is 5.32 Å². The van der Waals surface area contributed by atoms with Gasteiger partial charge in [0.25, 0.3) is 0 Å². The third-order valence-corrected chi connectivity index (χ3v) is 3.83. The number of anilines is 1. The Labute approximate surface area is 154 Å². The monoisotopic (exact) mass is 363 g/mol. The Morgan fingerprint density at radius 2 is 1.81 bits per heavy atom. The normalized spacial score (nSPS) is 10.7. The molecule has 0 saturated heterocycles. The van der Waals surface area contributed by atoms with Crippen LogP contribution in [0, 0.1) is 0 Å². The Kier molecular flexibility index (Phi) is 4.68. The van der Waals surface area contributed by atoms with Crippen LogP contribution in [0.15, 0.2) is 54.6 Å². The molecule has 0 spiro atoms. The number of nitrogens with one attached hydrogen (secondary N) is 1. The van der Waals surface area contributed by atoms with E-state index in [1.165, 1.54) is 0 Å². The summed E-state index contributed by atoms with van der Waals surface area (Å²) in [6.07, 6.45) is 0. The predicted octanol–water partition coefficient (Wildman–Crippen LogP) is 2.07. The number of benzene rings is 2. The number of rotatable bonds is 7. The summed E-state index contributed by atoms with van der Waals surface area (Å²) in [6.45, 7) is 3.23. The van der Waals surface area contributed by atoms with Crippen LogP contribution in [0.3, 0.4) is 0 Å². The minimum absolute atomic E-state index is 0.293. The second kappa shape index (κ2) is 7.60. The van der Waals surface area contributed by atoms with E-state index in [-0.39, 0.29) is 0 Å². The zero-order valence-electron chi connectivity index (χ0n) is 14.6. The lowest BCUT2D eigenvalue weighted by Gasteiger charge is -2.09. The van der Waals surface area contributed by atoms with Crippen LogP contribution in [-0.2, 0) is 13.1 Å². The average molecular weight is 363 g/mol. The first-order valence-electron chi connectivity index (χ1n) is 8.44. The molecule has 2 heterocycles. The molecule has 0 aliphatic rings. The Hall–Kier alpha value is -3.82. The van der Waals surface area contributed by atoms with Crippen LogP contribution in [0.1, 0.15) is 12.5 Å². The van der Waals surface area contributed by atoms with Crippen molar-refractivity contribution in [3.63, 3.8) is 0 Å². The maximum absolute atomic E-state index is 5.88. The Balaban J connectivity index is 1.48. The van der Waals surface area contributed by atoms with E-state index in [1.54, 1.807) is 9.36 Å². The van der Waals surface area contributed by atoms with Gasteiger partial charge in [-0.25, -0.2) is 4.68 Å². The summed E-state index contributed by atoms with van der Waals surface area (Å²) < 4.78 is 9.11. The van der Waals surface area contributed by atoms with Gasteiger partial charge in [0.15, 0.2) is 0 Å². The molecule has 4 aromatic rings. The van der Waals surface area contributed by atoms with Gasteiger partial charge in [-0.3, -0.25) is 0 Å². The summed E-state index contributed by atoms with van der Waals surface area (Å²) in [4.78, 5) is 0. The molecule has 0 aliphatic carbocycles. The number of hydrogen-bond donors (Lipinski definition) is 1. The van der Waals surface area contributed by atoms with E-state index in [2.05, 4.69) is 36.4 Å². The minimum atomic E-state index is 0.293. The molecule has 2 aromatic heterocycles. The molecule has 0 bridgehead atoms. The second-order valence-electron chi connectivity index (χ2n) is 5.63. The fourth-order valence-corrected chi connectivity index (χ4v) is 2.52. The van der Waals surface area contributed by atoms with Gasteiger partial charge in [0.2, 0.25) is 5.95 Å². The van der Waals surface area contributed by atoms with Crippen molar-refractivity contribution < 1.29 is 4.74 Å². The number of aryl methyl sites for hydroxylation is 1. The standard InChI is InChI=1S/C17H17N9O/c1-2-25-16(19-21-23-25)18-12-13-7-6-10-15(11-13)27-17-20-22-24-26(17)14-8-4-3-5-9-14/h3-11H,2,12H2,1H3,(H,18,19,23). The minimum Gasteiger partial charge on any atom is -0.423 e. The van der Waals surface area contributed by atoms with E-state index in [4.69, 9.17) is 4.74 Å². The average Bonchev–Trinajstić information content (AvgIpc) is 3.36. The van der Waals surface area contributed by atoms with Crippen LogP contribution in [-0.4, -0.2) is 40.4 Å². The predicted molar refractivity (Wildman–Crippen MR) is 96.5 cm³/mol. The molecule has 0 radical (unpaired) electrons. The molecule has 10 heteroatoms. The highest BCUT2D eigenvalue weighted by molar-refractivity contribution is 5.35. The van der Waals surface area contributed by atoms with Crippen molar-refractivity contribution in [1.82, 2.24) is 40.4 Å². The molecular weight excluding hydrogens is 346 g/mol. The van der Waals surface area contributed by atoms with Crippen molar-refractivity contribution >= 4 is 5.95 Å². The van der Waals surface area contributed by atoms with Gasteiger partial charge in [-0.1, -0.05) is 40.5 Å². The van der Waals surface area contributed by atoms with Crippen LogP contribution in [0.25, 0.3) is 5.69 Å². The van der Waals surface area contributed by atoms with E-state index in [0.29, 0.717) is 30.8 Å². The van der Waals surface area contributed by atoms with Gasteiger partial charge in [-0.2, -0.15) is 4.68 Å². The maximum atomic E-state index is 5.88. The van der Waals surface area contributed by atoms with Crippen molar-refractivity contribution in [2.24, 2.45) is 0 Å². The molecule has 0 unspecified atom stereocenters.